The number of nitrogens with one attached hydrogen (secondary N) is 1. The topological polar surface area (TPSA) is 98.8 Å². The Labute approximate surface area is 231 Å². The van der Waals surface area contributed by atoms with Crippen LogP contribution >= 0.6 is 0 Å². The first kappa shape index (κ1) is 26.4. The average Bonchev–Trinajstić information content (AvgIpc) is 3.36. The van der Waals surface area contributed by atoms with Gasteiger partial charge in [-0.25, -0.2) is 0 Å². The summed E-state index contributed by atoms with van der Waals surface area (Å²) in [5.41, 5.74) is 2.42. The van der Waals surface area contributed by atoms with Crippen LogP contribution < -0.4 is 14.5 Å². The van der Waals surface area contributed by atoms with Gasteiger partial charge in [-0.05, 0) is 55.0 Å². The molecule has 0 spiro atoms. The van der Waals surface area contributed by atoms with Gasteiger partial charge in [-0.15, -0.1) is 0 Å². The van der Waals surface area contributed by atoms with Gasteiger partial charge in [-0.1, -0.05) is 43.3 Å². The molecule has 0 aliphatic carbocycles. The SMILES string of the molecule is CCCN(C(=O)CN1C=CN(c2ccccc2)C(=O)C(=Cc2n[nH]c3ccccc23)C1=O)c1ccc(OC)cc1. The summed E-state index contributed by atoms with van der Waals surface area (Å²) in [5, 5.41) is 8.04. The van der Waals surface area contributed by atoms with Gasteiger partial charge in [0.05, 0.1) is 18.3 Å². The number of hydrogen-bond acceptors (Lipinski definition) is 5. The molecule has 0 bridgehead atoms. The molecule has 0 radical (unpaired) electrons. The number of amides is 3. The minimum Gasteiger partial charge on any atom is -0.497 e. The van der Waals surface area contributed by atoms with Gasteiger partial charge in [-0.3, -0.25) is 24.4 Å². The maximum absolute atomic E-state index is 13.9. The quantitative estimate of drug-likeness (QED) is 0.260. The van der Waals surface area contributed by atoms with Crippen molar-refractivity contribution in [3.63, 3.8) is 0 Å². The van der Waals surface area contributed by atoms with E-state index in [-0.39, 0.29) is 18.0 Å². The number of carbonyl (C=O) groups is 3. The molecule has 202 valence electrons. The monoisotopic (exact) mass is 535 g/mol. The number of anilines is 2. The van der Waals surface area contributed by atoms with Crippen molar-refractivity contribution < 1.29 is 19.1 Å². The second-order valence-electron chi connectivity index (χ2n) is 9.20. The summed E-state index contributed by atoms with van der Waals surface area (Å²) < 4.78 is 5.24. The Bertz CT molecular complexity index is 1590. The lowest BCUT2D eigenvalue weighted by molar-refractivity contribution is -0.131. The van der Waals surface area contributed by atoms with Gasteiger partial charge in [-0.2, -0.15) is 5.10 Å². The second-order valence-corrected chi connectivity index (χ2v) is 9.20. The molecule has 3 aromatic carbocycles. The van der Waals surface area contributed by atoms with Crippen LogP contribution in [-0.2, 0) is 14.4 Å². The summed E-state index contributed by atoms with van der Waals surface area (Å²) in [5.74, 6) is -0.713. The van der Waals surface area contributed by atoms with Gasteiger partial charge in [0, 0.05) is 35.7 Å². The molecular weight excluding hydrogens is 506 g/mol. The van der Waals surface area contributed by atoms with Gasteiger partial charge in [0.25, 0.3) is 11.8 Å². The lowest BCUT2D eigenvalue weighted by Crippen LogP contribution is -2.42. The molecule has 0 saturated heterocycles. The van der Waals surface area contributed by atoms with E-state index in [1.54, 1.807) is 48.4 Å². The number of carbonyl (C=O) groups excluding carboxylic acids is 3. The number of aromatic amines is 1. The Morgan fingerprint density at radius 1 is 0.950 bits per heavy atom. The normalized spacial score (nSPS) is 14.6. The van der Waals surface area contributed by atoms with Crippen molar-refractivity contribution in [1.29, 1.82) is 0 Å². The zero-order valence-electron chi connectivity index (χ0n) is 22.3. The molecule has 4 aromatic rings. The number of nitrogens with zero attached hydrogens (tertiary/aromatic N) is 4. The number of benzene rings is 3. The number of H-pyrrole nitrogens is 1. The lowest BCUT2D eigenvalue weighted by atomic mass is 10.1. The molecule has 1 aliphatic heterocycles. The first-order chi connectivity index (χ1) is 19.5. The Kier molecular flexibility index (Phi) is 7.72. The van der Waals surface area contributed by atoms with Crippen LogP contribution in [0.4, 0.5) is 11.4 Å². The van der Waals surface area contributed by atoms with Crippen molar-refractivity contribution in [2.24, 2.45) is 0 Å². The van der Waals surface area contributed by atoms with Crippen LogP contribution in [0, 0.1) is 0 Å². The van der Waals surface area contributed by atoms with Crippen LogP contribution in [-0.4, -0.2) is 53.0 Å². The summed E-state index contributed by atoms with van der Waals surface area (Å²) in [6, 6.07) is 23.7. The van der Waals surface area contributed by atoms with Crippen LogP contribution in [0.25, 0.3) is 17.0 Å². The second kappa shape index (κ2) is 11.7. The van der Waals surface area contributed by atoms with E-state index >= 15 is 0 Å². The fraction of sp³-hybridized carbons (Fsp3) is 0.161. The fourth-order valence-corrected chi connectivity index (χ4v) is 4.54. The molecule has 1 N–H and O–H groups in total. The zero-order valence-corrected chi connectivity index (χ0v) is 22.3. The number of rotatable bonds is 8. The highest BCUT2D eigenvalue weighted by Crippen LogP contribution is 2.26. The van der Waals surface area contributed by atoms with Crippen molar-refractivity contribution in [3.05, 3.63) is 103 Å². The van der Waals surface area contributed by atoms with Crippen LogP contribution in [0.1, 0.15) is 19.0 Å². The van der Waals surface area contributed by atoms with Crippen molar-refractivity contribution in [3.8, 4) is 5.75 Å². The lowest BCUT2D eigenvalue weighted by Gasteiger charge is -2.25. The molecule has 0 fully saturated rings. The molecule has 1 aliphatic rings. The number of methoxy groups -OCH3 is 1. The summed E-state index contributed by atoms with van der Waals surface area (Å²) in [6.07, 6.45) is 5.20. The standard InChI is InChI=1S/C31H29N5O4/c1-3-17-35(23-13-15-24(40-2)16-14-23)29(37)21-34-18-19-36(22-9-5-4-6-10-22)31(39)26(30(34)38)20-28-25-11-7-8-12-27(25)32-33-28/h4-16,18-20H,3,17,21H2,1-2H3,(H,32,33). The van der Waals surface area contributed by atoms with E-state index in [1.165, 1.54) is 28.3 Å². The molecule has 5 rings (SSSR count). The van der Waals surface area contributed by atoms with E-state index in [1.807, 2.05) is 49.4 Å². The molecule has 0 unspecified atom stereocenters. The Hall–Kier alpha value is -5.18. The van der Waals surface area contributed by atoms with E-state index in [0.717, 1.165) is 17.3 Å². The minimum absolute atomic E-state index is 0.106. The maximum atomic E-state index is 13.9. The molecule has 9 nitrogen and oxygen atoms in total. The highest BCUT2D eigenvalue weighted by atomic mass is 16.5. The average molecular weight is 536 g/mol. The molecule has 40 heavy (non-hydrogen) atoms. The maximum Gasteiger partial charge on any atom is 0.268 e. The fourth-order valence-electron chi connectivity index (χ4n) is 4.54. The third-order valence-corrected chi connectivity index (χ3v) is 6.59. The van der Waals surface area contributed by atoms with Crippen LogP contribution in [0.3, 0.4) is 0 Å². The highest BCUT2D eigenvalue weighted by Gasteiger charge is 2.32. The van der Waals surface area contributed by atoms with Gasteiger partial charge >= 0.3 is 0 Å². The van der Waals surface area contributed by atoms with Gasteiger partial charge in [0.2, 0.25) is 5.91 Å². The number of para-hydroxylation sites is 2. The van der Waals surface area contributed by atoms with Crippen LogP contribution in [0.15, 0.2) is 96.8 Å². The van der Waals surface area contributed by atoms with E-state index in [0.29, 0.717) is 29.4 Å². The van der Waals surface area contributed by atoms with Crippen molar-refractivity contribution in [2.45, 2.75) is 13.3 Å². The van der Waals surface area contributed by atoms with E-state index in [2.05, 4.69) is 10.2 Å². The van der Waals surface area contributed by atoms with Gasteiger partial charge in [0.1, 0.15) is 17.9 Å². The summed E-state index contributed by atoms with van der Waals surface area (Å²) in [6.45, 7) is 2.19. The number of hydrogen-bond donors (Lipinski definition) is 1. The Morgan fingerprint density at radius 2 is 1.68 bits per heavy atom. The van der Waals surface area contributed by atoms with Gasteiger partial charge < -0.3 is 14.5 Å². The van der Waals surface area contributed by atoms with E-state index < -0.39 is 11.8 Å². The predicted molar refractivity (Wildman–Crippen MR) is 154 cm³/mol. The molecule has 2 heterocycles. The number of fused-ring (bicyclic) bond motifs is 1. The highest BCUT2D eigenvalue weighted by molar-refractivity contribution is 6.28. The van der Waals surface area contributed by atoms with Gasteiger partial charge in [0.15, 0.2) is 0 Å². The van der Waals surface area contributed by atoms with Crippen LogP contribution in [0.2, 0.25) is 0 Å². The minimum atomic E-state index is -0.591. The molecule has 1 aromatic heterocycles. The van der Waals surface area contributed by atoms with Crippen molar-refractivity contribution >= 4 is 46.1 Å². The third-order valence-electron chi connectivity index (χ3n) is 6.59. The molecular formula is C31H29N5O4. The number of ether oxygens (including phenoxy) is 1. The first-order valence-electron chi connectivity index (χ1n) is 13.0. The zero-order chi connectivity index (χ0) is 28.1. The Balaban J connectivity index is 1.51. The summed E-state index contributed by atoms with van der Waals surface area (Å²) in [4.78, 5) is 45.5. The predicted octanol–water partition coefficient (Wildman–Crippen LogP) is 4.74. The number of aromatic nitrogens is 2. The van der Waals surface area contributed by atoms with Crippen molar-refractivity contribution in [1.82, 2.24) is 15.1 Å². The summed E-state index contributed by atoms with van der Waals surface area (Å²) in [7, 11) is 1.58. The van der Waals surface area contributed by atoms with E-state index in [4.69, 9.17) is 4.74 Å². The molecule has 9 heteroatoms. The smallest absolute Gasteiger partial charge is 0.268 e. The van der Waals surface area contributed by atoms with Crippen molar-refractivity contribution in [2.75, 3.05) is 30.0 Å². The molecule has 0 atom stereocenters. The van der Waals surface area contributed by atoms with E-state index in [9.17, 15) is 14.4 Å². The van der Waals surface area contributed by atoms with Crippen LogP contribution in [0.5, 0.6) is 5.75 Å². The third kappa shape index (κ3) is 5.35. The Morgan fingerprint density at radius 3 is 2.40 bits per heavy atom. The molecule has 0 saturated carbocycles. The first-order valence-corrected chi connectivity index (χ1v) is 13.0. The summed E-state index contributed by atoms with van der Waals surface area (Å²) >= 11 is 0. The molecule has 3 amide bonds. The largest absolute Gasteiger partial charge is 0.497 e.